The number of unbranched alkanes of at least 4 members (excludes halogenated alkanes) is 4. The molecule has 0 aromatic carbocycles. The molecule has 0 aliphatic carbocycles. The molecule has 90 valence electrons. The summed E-state index contributed by atoms with van der Waals surface area (Å²) in [5, 5.41) is 0. The Hall–Kier alpha value is -0.150. The summed E-state index contributed by atoms with van der Waals surface area (Å²) in [6.07, 6.45) is 7.60. The van der Waals surface area contributed by atoms with Gasteiger partial charge in [0, 0.05) is 13.0 Å². The molecule has 0 radical (unpaired) electrons. The maximum absolute atomic E-state index is 5.49. The molecular weight excluding hydrogens is 204 g/mol. The molecule has 3 heteroatoms. The minimum atomic E-state index is 0.638. The molecule has 0 rings (SSSR count). The van der Waals surface area contributed by atoms with Gasteiger partial charge < -0.3 is 10.6 Å². The maximum atomic E-state index is 5.49. The predicted molar refractivity (Wildman–Crippen MR) is 72.3 cm³/mol. The minimum Gasteiger partial charge on any atom is -0.393 e. The van der Waals surface area contributed by atoms with E-state index >= 15 is 0 Å². The molecule has 0 atom stereocenters. The van der Waals surface area contributed by atoms with Crippen molar-refractivity contribution in [1.82, 2.24) is 4.90 Å². The first-order valence-electron chi connectivity index (χ1n) is 6.21. The maximum Gasteiger partial charge on any atom is 0.0740 e. The molecule has 0 aliphatic heterocycles. The Kier molecular flexibility index (Phi) is 10.3. The van der Waals surface area contributed by atoms with E-state index in [0.29, 0.717) is 4.99 Å². The third-order valence-electron chi connectivity index (χ3n) is 2.70. The highest BCUT2D eigenvalue weighted by Gasteiger charge is 2.02. The lowest BCUT2D eigenvalue weighted by Crippen LogP contribution is -2.28. The molecule has 2 nitrogen and oxygen atoms in total. The molecule has 0 spiro atoms. The molecule has 0 aromatic rings. The predicted octanol–water partition coefficient (Wildman–Crippen LogP) is 2.95. The van der Waals surface area contributed by atoms with E-state index in [2.05, 4.69) is 18.7 Å². The first-order valence-corrected chi connectivity index (χ1v) is 6.62. The molecule has 15 heavy (non-hydrogen) atoms. The Balaban J connectivity index is 3.40. The van der Waals surface area contributed by atoms with Gasteiger partial charge in [-0.15, -0.1) is 0 Å². The molecule has 0 bridgehead atoms. The minimum absolute atomic E-state index is 0.638. The van der Waals surface area contributed by atoms with Crippen LogP contribution < -0.4 is 5.73 Å². The van der Waals surface area contributed by atoms with Gasteiger partial charge in [-0.25, -0.2) is 0 Å². The van der Waals surface area contributed by atoms with Crippen LogP contribution in [0.25, 0.3) is 0 Å². The van der Waals surface area contributed by atoms with Crippen molar-refractivity contribution in [3.05, 3.63) is 0 Å². The summed E-state index contributed by atoms with van der Waals surface area (Å²) in [6.45, 7) is 7.78. The lowest BCUT2D eigenvalue weighted by Gasteiger charge is -2.19. The summed E-state index contributed by atoms with van der Waals surface area (Å²) in [5.74, 6) is 0. The Morgan fingerprint density at radius 2 is 1.73 bits per heavy atom. The smallest absolute Gasteiger partial charge is 0.0740 e. The van der Waals surface area contributed by atoms with Crippen molar-refractivity contribution in [2.75, 3.05) is 19.6 Å². The molecule has 2 N–H and O–H groups in total. The van der Waals surface area contributed by atoms with E-state index in [4.69, 9.17) is 18.0 Å². The molecule has 0 heterocycles. The van der Waals surface area contributed by atoms with Gasteiger partial charge in [-0.3, -0.25) is 0 Å². The van der Waals surface area contributed by atoms with Crippen LogP contribution in [0, 0.1) is 0 Å². The largest absolute Gasteiger partial charge is 0.393 e. The van der Waals surface area contributed by atoms with E-state index in [9.17, 15) is 0 Å². The van der Waals surface area contributed by atoms with Crippen molar-refractivity contribution in [1.29, 1.82) is 0 Å². The molecular formula is C12H26N2S. The van der Waals surface area contributed by atoms with Crippen molar-refractivity contribution < 1.29 is 0 Å². The molecule has 0 amide bonds. The van der Waals surface area contributed by atoms with E-state index < -0.39 is 0 Å². The van der Waals surface area contributed by atoms with Crippen LogP contribution >= 0.6 is 12.2 Å². The van der Waals surface area contributed by atoms with Crippen LogP contribution in [-0.2, 0) is 0 Å². The summed E-state index contributed by atoms with van der Waals surface area (Å²) in [5.41, 5.74) is 5.49. The number of hydrogen-bond donors (Lipinski definition) is 1. The van der Waals surface area contributed by atoms with Gasteiger partial charge in [0.15, 0.2) is 0 Å². The third-order valence-corrected chi connectivity index (χ3v) is 2.90. The second-order valence-electron chi connectivity index (χ2n) is 4.06. The first kappa shape index (κ1) is 14.8. The van der Waals surface area contributed by atoms with Gasteiger partial charge >= 0.3 is 0 Å². The highest BCUT2D eigenvalue weighted by Crippen LogP contribution is 2.04. The second-order valence-corrected chi connectivity index (χ2v) is 4.59. The standard InChI is InChI=1S/C12H26N2S/c1-3-5-6-7-8-10-14(4-2)11-9-12(13)15/h3-11H2,1-2H3,(H2,13,15). The zero-order valence-electron chi connectivity index (χ0n) is 10.3. The van der Waals surface area contributed by atoms with E-state index in [1.54, 1.807) is 0 Å². The highest BCUT2D eigenvalue weighted by atomic mass is 32.1. The SMILES string of the molecule is CCCCCCCN(CC)CCC(N)=S. The van der Waals surface area contributed by atoms with Crippen molar-refractivity contribution in [3.63, 3.8) is 0 Å². The van der Waals surface area contributed by atoms with Gasteiger partial charge in [0.1, 0.15) is 0 Å². The first-order chi connectivity index (χ1) is 7.20. The number of nitrogens with zero attached hydrogens (tertiary/aromatic N) is 1. The lowest BCUT2D eigenvalue weighted by atomic mass is 10.1. The van der Waals surface area contributed by atoms with Gasteiger partial charge in [0.2, 0.25) is 0 Å². The fourth-order valence-corrected chi connectivity index (χ4v) is 1.73. The van der Waals surface area contributed by atoms with E-state index in [1.165, 1.54) is 38.6 Å². The Bertz CT molecular complexity index is 160. The molecule has 0 saturated heterocycles. The quantitative estimate of drug-likeness (QED) is 0.462. The summed E-state index contributed by atoms with van der Waals surface area (Å²) >= 11 is 4.88. The average molecular weight is 230 g/mol. The Labute approximate surface area is 100 Å². The van der Waals surface area contributed by atoms with Crippen LogP contribution in [0.1, 0.15) is 52.4 Å². The molecule has 0 aliphatic rings. The fraction of sp³-hybridized carbons (Fsp3) is 0.917. The molecule has 0 saturated carbocycles. The zero-order chi connectivity index (χ0) is 11.5. The topological polar surface area (TPSA) is 29.3 Å². The number of nitrogens with two attached hydrogens (primary N) is 1. The Morgan fingerprint density at radius 1 is 1.07 bits per heavy atom. The van der Waals surface area contributed by atoms with Gasteiger partial charge in [-0.05, 0) is 19.5 Å². The normalized spacial score (nSPS) is 10.9. The summed E-state index contributed by atoms with van der Waals surface area (Å²) < 4.78 is 0. The van der Waals surface area contributed by atoms with Gasteiger partial charge in [-0.1, -0.05) is 51.7 Å². The van der Waals surface area contributed by atoms with E-state index in [0.717, 1.165) is 19.5 Å². The third kappa shape index (κ3) is 10.1. The average Bonchev–Trinajstić information content (AvgIpc) is 2.22. The Morgan fingerprint density at radius 3 is 2.27 bits per heavy atom. The van der Waals surface area contributed by atoms with Crippen LogP contribution in [0.3, 0.4) is 0 Å². The number of thiocarbonyl (C=S) groups is 1. The van der Waals surface area contributed by atoms with Crippen LogP contribution in [-0.4, -0.2) is 29.5 Å². The lowest BCUT2D eigenvalue weighted by molar-refractivity contribution is 0.288. The number of rotatable bonds is 10. The molecule has 0 aromatic heterocycles. The van der Waals surface area contributed by atoms with E-state index in [-0.39, 0.29) is 0 Å². The van der Waals surface area contributed by atoms with Crippen molar-refractivity contribution in [2.24, 2.45) is 5.73 Å². The number of hydrogen-bond acceptors (Lipinski definition) is 2. The van der Waals surface area contributed by atoms with Gasteiger partial charge in [0.25, 0.3) is 0 Å². The van der Waals surface area contributed by atoms with Crippen LogP contribution in [0.5, 0.6) is 0 Å². The highest BCUT2D eigenvalue weighted by molar-refractivity contribution is 7.80. The molecule has 0 fully saturated rings. The van der Waals surface area contributed by atoms with Gasteiger partial charge in [-0.2, -0.15) is 0 Å². The van der Waals surface area contributed by atoms with Crippen molar-refractivity contribution in [2.45, 2.75) is 52.4 Å². The van der Waals surface area contributed by atoms with Crippen LogP contribution in [0.4, 0.5) is 0 Å². The summed E-state index contributed by atoms with van der Waals surface area (Å²) in [4.78, 5) is 3.07. The van der Waals surface area contributed by atoms with Crippen LogP contribution in [0.2, 0.25) is 0 Å². The van der Waals surface area contributed by atoms with Gasteiger partial charge in [0.05, 0.1) is 4.99 Å². The summed E-state index contributed by atoms with van der Waals surface area (Å²) in [7, 11) is 0. The molecule has 0 unspecified atom stereocenters. The van der Waals surface area contributed by atoms with Crippen molar-refractivity contribution >= 4 is 17.2 Å². The zero-order valence-corrected chi connectivity index (χ0v) is 11.1. The van der Waals surface area contributed by atoms with E-state index in [1.807, 2.05) is 0 Å². The monoisotopic (exact) mass is 230 g/mol. The van der Waals surface area contributed by atoms with Crippen LogP contribution in [0.15, 0.2) is 0 Å². The van der Waals surface area contributed by atoms with Crippen molar-refractivity contribution in [3.8, 4) is 0 Å². The summed E-state index contributed by atoms with van der Waals surface area (Å²) in [6, 6.07) is 0. The second kappa shape index (κ2) is 10.4. The fourth-order valence-electron chi connectivity index (χ4n) is 1.64.